The van der Waals surface area contributed by atoms with Crippen molar-refractivity contribution in [3.8, 4) is 5.75 Å². The standard InChI is InChI=1S/C49H84N6O8/c1-3-4-5-6-7-8-9-10-11-12-13-14-15-22-47(61)53-36-41(57)28-30-48(62)54-43(34-38-23-26-40(56)27-24-38)45(59)35-39(25-29-46(52)60)49(63)55-42(21-17-19-32-51)44(58)33-37(2)20-16-18-31-50/h23-24,26-27,37,39,42-43,56H,3-22,25,28-36,50-51H2,1-2H3,(H2,52,60)(H,53,61)(H,54,62)(H,55,63)/t37-,39-,42+,43+/m1/s1. The zero-order valence-corrected chi connectivity index (χ0v) is 38.9. The molecule has 4 atom stereocenters. The summed E-state index contributed by atoms with van der Waals surface area (Å²) < 4.78 is 0. The molecular weight excluding hydrogens is 801 g/mol. The number of aromatic hydroxyl groups is 1. The van der Waals surface area contributed by atoms with Gasteiger partial charge >= 0.3 is 0 Å². The highest BCUT2D eigenvalue weighted by molar-refractivity contribution is 5.95. The molecule has 0 saturated carbocycles. The third-order valence-corrected chi connectivity index (χ3v) is 11.6. The van der Waals surface area contributed by atoms with Crippen LogP contribution in [0.2, 0.25) is 0 Å². The zero-order valence-electron chi connectivity index (χ0n) is 38.9. The minimum absolute atomic E-state index is 0.0179. The van der Waals surface area contributed by atoms with Crippen LogP contribution < -0.4 is 33.2 Å². The molecule has 0 heterocycles. The molecule has 0 aliphatic carbocycles. The summed E-state index contributed by atoms with van der Waals surface area (Å²) in [6.45, 7) is 5.03. The third-order valence-electron chi connectivity index (χ3n) is 11.6. The van der Waals surface area contributed by atoms with Crippen LogP contribution in [0.1, 0.15) is 186 Å². The maximum Gasteiger partial charge on any atom is 0.224 e. The minimum atomic E-state index is -1.11. The first-order valence-corrected chi connectivity index (χ1v) is 24.2. The lowest BCUT2D eigenvalue weighted by Crippen LogP contribution is -2.47. The summed E-state index contributed by atoms with van der Waals surface area (Å²) >= 11 is 0. The van der Waals surface area contributed by atoms with Crippen molar-refractivity contribution in [3.05, 3.63) is 29.8 Å². The number of unbranched alkanes of at least 4 members (excludes halogenated alkanes) is 14. The summed E-state index contributed by atoms with van der Waals surface area (Å²) in [6.07, 6.45) is 19.6. The monoisotopic (exact) mass is 885 g/mol. The van der Waals surface area contributed by atoms with Crippen molar-refractivity contribution in [2.45, 2.75) is 199 Å². The van der Waals surface area contributed by atoms with E-state index in [0.717, 1.165) is 38.5 Å². The second-order valence-corrected chi connectivity index (χ2v) is 17.6. The topological polar surface area (TPSA) is 254 Å². The molecule has 14 heteroatoms. The Bertz CT molecular complexity index is 1470. The van der Waals surface area contributed by atoms with Gasteiger partial charge in [-0.2, -0.15) is 0 Å². The van der Waals surface area contributed by atoms with Gasteiger partial charge in [0.2, 0.25) is 23.6 Å². The van der Waals surface area contributed by atoms with E-state index in [-0.39, 0.29) is 80.6 Å². The summed E-state index contributed by atoms with van der Waals surface area (Å²) in [7, 11) is 0. The SMILES string of the molecule is CCCCCCCCCCCCCCCC(=O)NCC(=O)CCC(=O)N[C@@H](Cc1ccc(O)cc1)C(=O)C[C@@H](CCC(N)=O)C(=O)N[C@@H](CCCCN)C(=O)C[C@H](C)CCCCN. The summed E-state index contributed by atoms with van der Waals surface area (Å²) in [5, 5.41) is 18.1. The molecule has 0 saturated heterocycles. The zero-order chi connectivity index (χ0) is 46.7. The first-order chi connectivity index (χ1) is 30.3. The highest BCUT2D eigenvalue weighted by Gasteiger charge is 2.31. The van der Waals surface area contributed by atoms with E-state index in [2.05, 4.69) is 22.9 Å². The molecule has 0 aliphatic rings. The molecule has 1 aromatic carbocycles. The van der Waals surface area contributed by atoms with E-state index in [9.17, 15) is 38.7 Å². The molecule has 0 aromatic heterocycles. The van der Waals surface area contributed by atoms with Gasteiger partial charge in [-0.3, -0.25) is 33.6 Å². The fraction of sp³-hybridized carbons (Fsp3) is 0.735. The predicted octanol–water partition coefficient (Wildman–Crippen LogP) is 6.55. The van der Waals surface area contributed by atoms with Gasteiger partial charge in [0.15, 0.2) is 17.3 Å². The Balaban J connectivity index is 2.80. The van der Waals surface area contributed by atoms with Crippen molar-refractivity contribution in [2.75, 3.05) is 19.6 Å². The Morgan fingerprint density at radius 2 is 1.14 bits per heavy atom. The average Bonchev–Trinajstić information content (AvgIpc) is 3.25. The molecule has 0 bridgehead atoms. The van der Waals surface area contributed by atoms with Gasteiger partial charge in [-0.25, -0.2) is 0 Å². The lowest BCUT2D eigenvalue weighted by Gasteiger charge is -2.25. The molecule has 0 aliphatic heterocycles. The van der Waals surface area contributed by atoms with Crippen LogP contribution in [0.5, 0.6) is 5.75 Å². The molecule has 1 aromatic rings. The minimum Gasteiger partial charge on any atom is -0.508 e. The second-order valence-electron chi connectivity index (χ2n) is 17.6. The Morgan fingerprint density at radius 3 is 1.71 bits per heavy atom. The van der Waals surface area contributed by atoms with Crippen molar-refractivity contribution in [3.63, 3.8) is 0 Å². The number of amides is 4. The number of phenolic OH excluding ortho intramolecular Hbond substituents is 1. The lowest BCUT2D eigenvalue weighted by atomic mass is 9.89. The van der Waals surface area contributed by atoms with E-state index >= 15 is 0 Å². The smallest absolute Gasteiger partial charge is 0.224 e. The van der Waals surface area contributed by atoms with Gasteiger partial charge < -0.3 is 38.3 Å². The maximum absolute atomic E-state index is 14.0. The number of hydrogen-bond donors (Lipinski definition) is 7. The molecule has 4 amide bonds. The maximum atomic E-state index is 14.0. The van der Waals surface area contributed by atoms with Crippen LogP contribution >= 0.6 is 0 Å². The number of carbonyl (C=O) groups is 7. The number of rotatable bonds is 41. The predicted molar refractivity (Wildman–Crippen MR) is 249 cm³/mol. The van der Waals surface area contributed by atoms with E-state index in [1.54, 1.807) is 12.1 Å². The van der Waals surface area contributed by atoms with Gasteiger partial charge in [-0.15, -0.1) is 0 Å². The molecule has 0 spiro atoms. The van der Waals surface area contributed by atoms with Crippen molar-refractivity contribution in [2.24, 2.45) is 29.0 Å². The van der Waals surface area contributed by atoms with Crippen molar-refractivity contribution >= 4 is 41.0 Å². The largest absolute Gasteiger partial charge is 0.508 e. The third kappa shape index (κ3) is 29.8. The fourth-order valence-corrected chi connectivity index (χ4v) is 7.66. The van der Waals surface area contributed by atoms with Gasteiger partial charge in [0.25, 0.3) is 0 Å². The molecule has 0 unspecified atom stereocenters. The summed E-state index contributed by atoms with van der Waals surface area (Å²) in [5.74, 6) is -3.86. The number of primary amides is 1. The quantitative estimate of drug-likeness (QED) is 0.0349. The van der Waals surface area contributed by atoms with Crippen LogP contribution in [0.25, 0.3) is 0 Å². The molecule has 0 radical (unpaired) electrons. The number of Topliss-reactive ketones (excluding diaryl/α,β-unsaturated/α-hetero) is 3. The molecule has 63 heavy (non-hydrogen) atoms. The number of carbonyl (C=O) groups excluding carboxylic acids is 7. The van der Waals surface area contributed by atoms with Crippen LogP contribution in [0.4, 0.5) is 0 Å². The van der Waals surface area contributed by atoms with Gasteiger partial charge in [0, 0.05) is 44.4 Å². The molecular formula is C49H84N6O8. The lowest BCUT2D eigenvalue weighted by molar-refractivity contribution is -0.134. The number of phenols is 1. The van der Waals surface area contributed by atoms with Crippen molar-refractivity contribution in [1.82, 2.24) is 16.0 Å². The highest BCUT2D eigenvalue weighted by Crippen LogP contribution is 2.20. The van der Waals surface area contributed by atoms with Gasteiger partial charge in [-0.05, 0) is 81.6 Å². The number of ketones is 3. The second kappa shape index (κ2) is 36.2. The number of nitrogens with two attached hydrogens (primary N) is 3. The van der Waals surface area contributed by atoms with Gasteiger partial charge in [0.1, 0.15) is 5.75 Å². The molecule has 358 valence electrons. The first kappa shape index (κ1) is 56.8. The first-order valence-electron chi connectivity index (χ1n) is 24.2. The van der Waals surface area contributed by atoms with Crippen LogP contribution in [-0.4, -0.2) is 77.8 Å². The summed E-state index contributed by atoms with van der Waals surface area (Å²) in [5.41, 5.74) is 17.4. The Hall–Kier alpha value is -4.17. The molecule has 10 N–H and O–H groups in total. The van der Waals surface area contributed by atoms with Crippen LogP contribution in [0.15, 0.2) is 24.3 Å². The Labute approximate surface area is 378 Å². The highest BCUT2D eigenvalue weighted by atomic mass is 16.3. The summed E-state index contributed by atoms with van der Waals surface area (Å²) in [4.78, 5) is 91.4. The Morgan fingerprint density at radius 1 is 0.587 bits per heavy atom. The Kier molecular flexibility index (Phi) is 32.7. The molecule has 0 fully saturated rings. The number of hydrogen-bond acceptors (Lipinski definition) is 10. The number of benzene rings is 1. The van der Waals surface area contributed by atoms with E-state index in [1.165, 1.54) is 76.3 Å². The molecule has 14 nitrogen and oxygen atoms in total. The van der Waals surface area contributed by atoms with Crippen LogP contribution in [0, 0.1) is 11.8 Å². The van der Waals surface area contributed by atoms with Gasteiger partial charge in [-0.1, -0.05) is 116 Å². The van der Waals surface area contributed by atoms with E-state index < -0.39 is 41.5 Å². The van der Waals surface area contributed by atoms with Crippen molar-refractivity contribution in [1.29, 1.82) is 0 Å². The van der Waals surface area contributed by atoms with E-state index in [0.29, 0.717) is 44.3 Å². The normalized spacial score (nSPS) is 13.1. The molecule has 1 rings (SSSR count). The van der Waals surface area contributed by atoms with Gasteiger partial charge in [0.05, 0.1) is 18.6 Å². The van der Waals surface area contributed by atoms with Crippen LogP contribution in [0.3, 0.4) is 0 Å². The summed E-state index contributed by atoms with van der Waals surface area (Å²) in [6, 6.07) is 4.21. The average molecular weight is 885 g/mol. The van der Waals surface area contributed by atoms with Crippen molar-refractivity contribution < 1.29 is 38.7 Å². The van der Waals surface area contributed by atoms with Crippen LogP contribution in [-0.2, 0) is 40.0 Å². The number of nitrogens with one attached hydrogen (secondary N) is 3. The van der Waals surface area contributed by atoms with E-state index in [1.807, 2.05) is 6.92 Å². The van der Waals surface area contributed by atoms with E-state index in [4.69, 9.17) is 17.2 Å². The fourth-order valence-electron chi connectivity index (χ4n) is 7.66.